The van der Waals surface area contributed by atoms with E-state index in [0.717, 1.165) is 15.3 Å². The number of thiophene rings is 1. The third-order valence-corrected chi connectivity index (χ3v) is 8.99. The highest BCUT2D eigenvalue weighted by molar-refractivity contribution is 7.91. The lowest BCUT2D eigenvalue weighted by Gasteiger charge is -2.22. The Morgan fingerprint density at radius 2 is 1.62 bits per heavy atom. The van der Waals surface area contributed by atoms with Crippen LogP contribution in [0.5, 0.6) is 11.5 Å². The maximum atomic E-state index is 13.7. The second-order valence-electron chi connectivity index (χ2n) is 8.48. The minimum atomic E-state index is -3.82. The minimum Gasteiger partial charge on any atom is -0.494 e. The smallest absolute Gasteiger partial charge is 0.178 e. The van der Waals surface area contributed by atoms with Gasteiger partial charge in [0, 0.05) is 24.4 Å². The number of ether oxygens (including phenoxy) is 3. The molecule has 0 aliphatic carbocycles. The largest absolute Gasteiger partial charge is 0.494 e. The zero-order valence-electron chi connectivity index (χ0n) is 21.5. The number of para-hydroxylation sites is 1. The number of hydrogen-bond donors (Lipinski definition) is 0. The summed E-state index contributed by atoms with van der Waals surface area (Å²) in [7, 11) is 0.706. The van der Waals surface area contributed by atoms with Gasteiger partial charge in [-0.1, -0.05) is 6.07 Å². The molecule has 4 rings (SSSR count). The van der Waals surface area contributed by atoms with Gasteiger partial charge in [0.05, 0.1) is 24.3 Å². The predicted octanol–water partition coefficient (Wildman–Crippen LogP) is 4.11. The predicted molar refractivity (Wildman–Crippen MR) is 141 cm³/mol. The van der Waals surface area contributed by atoms with Crippen LogP contribution in [-0.4, -0.2) is 59.7 Å². The average molecular weight is 544 g/mol. The SMILES string of the molecule is COc1cccc(OC)c1-n1c(CS(=O)(=O)[C@@H](C)[C@H](OC)c2ncc(C)cn2)nnc1-c1ccc(C)s1. The molecule has 0 bridgehead atoms. The third-order valence-electron chi connectivity index (χ3n) is 5.95. The molecule has 0 fully saturated rings. The van der Waals surface area contributed by atoms with Crippen LogP contribution in [0.1, 0.15) is 35.1 Å². The van der Waals surface area contributed by atoms with Gasteiger partial charge in [-0.25, -0.2) is 18.4 Å². The van der Waals surface area contributed by atoms with E-state index in [1.807, 2.05) is 26.0 Å². The Hall–Kier alpha value is -3.35. The first-order valence-corrected chi connectivity index (χ1v) is 14.0. The molecule has 0 saturated heterocycles. The molecule has 0 radical (unpaired) electrons. The highest BCUT2D eigenvalue weighted by Crippen LogP contribution is 2.38. The Balaban J connectivity index is 1.82. The molecule has 1 aromatic carbocycles. The van der Waals surface area contributed by atoms with Gasteiger partial charge in [0.25, 0.3) is 0 Å². The molecule has 196 valence electrons. The van der Waals surface area contributed by atoms with Crippen molar-refractivity contribution in [2.24, 2.45) is 0 Å². The van der Waals surface area contributed by atoms with Crippen molar-refractivity contribution in [1.29, 1.82) is 0 Å². The Morgan fingerprint density at radius 3 is 2.16 bits per heavy atom. The number of rotatable bonds is 10. The molecule has 2 atom stereocenters. The number of aryl methyl sites for hydroxylation is 2. The zero-order valence-corrected chi connectivity index (χ0v) is 23.1. The Bertz CT molecular complexity index is 1460. The Labute approximate surface area is 220 Å². The summed E-state index contributed by atoms with van der Waals surface area (Å²) in [5.41, 5.74) is 1.38. The van der Waals surface area contributed by atoms with Crippen LogP contribution in [0.3, 0.4) is 0 Å². The standard InChI is InChI=1S/C25H29N5O5S2/c1-15-12-26-24(27-13-15)23(35-6)17(3)37(31,32)14-21-28-29-25(20-11-10-16(2)36-20)30(21)22-18(33-4)8-7-9-19(22)34-5/h7-13,17,23H,14H2,1-6H3/t17-,23-/m0/s1. The van der Waals surface area contributed by atoms with Crippen LogP contribution >= 0.6 is 11.3 Å². The topological polar surface area (TPSA) is 118 Å². The molecule has 12 heteroatoms. The molecular weight excluding hydrogens is 514 g/mol. The molecule has 37 heavy (non-hydrogen) atoms. The molecule has 3 heterocycles. The van der Waals surface area contributed by atoms with E-state index in [1.165, 1.54) is 18.4 Å². The molecule has 0 aliphatic rings. The fraction of sp³-hybridized carbons (Fsp3) is 0.360. The van der Waals surface area contributed by atoms with Gasteiger partial charge in [0.15, 0.2) is 27.3 Å². The van der Waals surface area contributed by atoms with Gasteiger partial charge in [-0.2, -0.15) is 0 Å². The number of nitrogens with zero attached hydrogens (tertiary/aromatic N) is 5. The fourth-order valence-corrected chi connectivity index (χ4v) is 6.23. The lowest BCUT2D eigenvalue weighted by molar-refractivity contribution is 0.0947. The molecule has 0 N–H and O–H groups in total. The lowest BCUT2D eigenvalue weighted by Crippen LogP contribution is -2.30. The van der Waals surface area contributed by atoms with Gasteiger partial charge in [0.2, 0.25) is 0 Å². The van der Waals surface area contributed by atoms with Crippen molar-refractivity contribution in [1.82, 2.24) is 24.7 Å². The van der Waals surface area contributed by atoms with Crippen LogP contribution in [0.4, 0.5) is 0 Å². The average Bonchev–Trinajstić information content (AvgIpc) is 3.50. The van der Waals surface area contributed by atoms with Crippen molar-refractivity contribution in [2.75, 3.05) is 21.3 Å². The third kappa shape index (κ3) is 5.36. The van der Waals surface area contributed by atoms with Crippen molar-refractivity contribution in [2.45, 2.75) is 37.9 Å². The molecule has 0 amide bonds. The van der Waals surface area contributed by atoms with E-state index in [-0.39, 0.29) is 5.82 Å². The summed E-state index contributed by atoms with van der Waals surface area (Å²) in [4.78, 5) is 10.5. The van der Waals surface area contributed by atoms with Crippen LogP contribution in [0, 0.1) is 13.8 Å². The lowest BCUT2D eigenvalue weighted by atomic mass is 10.2. The van der Waals surface area contributed by atoms with Gasteiger partial charge < -0.3 is 14.2 Å². The first kappa shape index (κ1) is 26.7. The van der Waals surface area contributed by atoms with Gasteiger partial charge in [-0.3, -0.25) is 4.57 Å². The summed E-state index contributed by atoms with van der Waals surface area (Å²) in [6, 6.07) is 9.25. The normalized spacial score (nSPS) is 13.4. The second kappa shape index (κ2) is 11.0. The van der Waals surface area contributed by atoms with Crippen molar-refractivity contribution >= 4 is 21.2 Å². The number of methoxy groups -OCH3 is 3. The monoisotopic (exact) mass is 543 g/mol. The van der Waals surface area contributed by atoms with Crippen molar-refractivity contribution in [3.05, 3.63) is 64.8 Å². The second-order valence-corrected chi connectivity index (χ2v) is 12.1. The summed E-state index contributed by atoms with van der Waals surface area (Å²) < 4.78 is 45.9. The molecule has 0 spiro atoms. The van der Waals surface area contributed by atoms with Crippen molar-refractivity contribution in [3.63, 3.8) is 0 Å². The number of benzene rings is 1. The van der Waals surface area contributed by atoms with Crippen LogP contribution in [0.25, 0.3) is 16.4 Å². The minimum absolute atomic E-state index is 0.218. The van der Waals surface area contributed by atoms with E-state index >= 15 is 0 Å². The molecule has 3 aromatic heterocycles. The number of aromatic nitrogens is 5. The Kier molecular flexibility index (Phi) is 7.90. The van der Waals surface area contributed by atoms with Crippen LogP contribution in [0.2, 0.25) is 0 Å². The Morgan fingerprint density at radius 1 is 0.973 bits per heavy atom. The van der Waals surface area contributed by atoms with E-state index in [1.54, 1.807) is 56.3 Å². The molecule has 4 aromatic rings. The summed E-state index contributed by atoms with van der Waals surface area (Å²) in [5.74, 6) is 1.58. The first-order valence-electron chi connectivity index (χ1n) is 11.5. The van der Waals surface area contributed by atoms with Gasteiger partial charge >= 0.3 is 0 Å². The quantitative estimate of drug-likeness (QED) is 0.291. The molecule has 10 nitrogen and oxygen atoms in total. The van der Waals surface area contributed by atoms with Gasteiger partial charge in [-0.05, 0) is 50.6 Å². The highest BCUT2D eigenvalue weighted by Gasteiger charge is 2.35. The maximum Gasteiger partial charge on any atom is 0.178 e. The van der Waals surface area contributed by atoms with E-state index in [0.29, 0.717) is 28.8 Å². The first-order chi connectivity index (χ1) is 17.7. The fourth-order valence-electron chi connectivity index (χ4n) is 3.97. The molecular formula is C25H29N5O5S2. The van der Waals surface area contributed by atoms with E-state index in [2.05, 4.69) is 20.2 Å². The molecule has 0 aliphatic heterocycles. The maximum absolute atomic E-state index is 13.7. The van der Waals surface area contributed by atoms with Crippen molar-refractivity contribution < 1.29 is 22.6 Å². The van der Waals surface area contributed by atoms with Crippen LogP contribution < -0.4 is 9.47 Å². The van der Waals surface area contributed by atoms with Gasteiger partial charge in [-0.15, -0.1) is 21.5 Å². The number of sulfone groups is 1. The van der Waals surface area contributed by atoms with Crippen LogP contribution in [0.15, 0.2) is 42.7 Å². The summed E-state index contributed by atoms with van der Waals surface area (Å²) in [6.07, 6.45) is 2.41. The van der Waals surface area contributed by atoms with Gasteiger partial charge in [0.1, 0.15) is 29.0 Å². The van der Waals surface area contributed by atoms with Crippen LogP contribution in [-0.2, 0) is 20.3 Å². The number of hydrogen-bond acceptors (Lipinski definition) is 10. The molecule has 0 saturated carbocycles. The summed E-state index contributed by atoms with van der Waals surface area (Å²) in [6.45, 7) is 5.43. The van der Waals surface area contributed by atoms with Crippen molar-refractivity contribution in [3.8, 4) is 27.9 Å². The summed E-state index contributed by atoms with van der Waals surface area (Å²) >= 11 is 1.53. The zero-order chi connectivity index (χ0) is 26.7. The molecule has 0 unspecified atom stereocenters. The van der Waals surface area contributed by atoms with E-state index in [4.69, 9.17) is 14.2 Å². The summed E-state index contributed by atoms with van der Waals surface area (Å²) in [5, 5.41) is 7.76. The van der Waals surface area contributed by atoms with E-state index in [9.17, 15) is 8.42 Å². The van der Waals surface area contributed by atoms with E-state index < -0.39 is 26.9 Å². The highest BCUT2D eigenvalue weighted by atomic mass is 32.2.